The summed E-state index contributed by atoms with van der Waals surface area (Å²) >= 11 is 0. The molecular formula is C17H21N3O. The molecule has 4 heteroatoms. The van der Waals surface area contributed by atoms with Gasteiger partial charge in [-0.3, -0.25) is 9.97 Å². The first kappa shape index (κ1) is 14.0. The fraction of sp³-hybridized carbons (Fsp3) is 0.412. The van der Waals surface area contributed by atoms with Gasteiger partial charge in [-0.1, -0.05) is 18.2 Å². The monoisotopic (exact) mass is 283 g/mol. The first-order valence-electron chi connectivity index (χ1n) is 7.45. The molecule has 0 fully saturated rings. The van der Waals surface area contributed by atoms with E-state index in [9.17, 15) is 0 Å². The van der Waals surface area contributed by atoms with E-state index in [1.807, 2.05) is 12.3 Å². The van der Waals surface area contributed by atoms with Gasteiger partial charge in [0.15, 0.2) is 0 Å². The van der Waals surface area contributed by atoms with Crippen LogP contribution in [-0.4, -0.2) is 35.1 Å². The number of hydrogen-bond donors (Lipinski definition) is 0. The molecule has 1 aliphatic rings. The zero-order chi connectivity index (χ0) is 14.5. The van der Waals surface area contributed by atoms with E-state index in [4.69, 9.17) is 4.74 Å². The Bertz CT molecular complexity index is 573. The van der Waals surface area contributed by atoms with Gasteiger partial charge in [-0.05, 0) is 37.4 Å². The first-order chi connectivity index (χ1) is 10.3. The van der Waals surface area contributed by atoms with Gasteiger partial charge in [-0.15, -0.1) is 0 Å². The number of aromatic nitrogens is 2. The highest BCUT2D eigenvalue weighted by Gasteiger charge is 2.19. The molecule has 0 aliphatic carbocycles. The number of fused-ring (bicyclic) bond motifs is 1. The summed E-state index contributed by atoms with van der Waals surface area (Å²) in [6.07, 6.45) is 7.48. The van der Waals surface area contributed by atoms with Crippen molar-refractivity contribution in [3.63, 3.8) is 0 Å². The lowest BCUT2D eigenvalue weighted by Gasteiger charge is -2.22. The molecule has 110 valence electrons. The van der Waals surface area contributed by atoms with Crippen LogP contribution in [0.3, 0.4) is 0 Å². The van der Waals surface area contributed by atoms with Crippen LogP contribution in [0, 0.1) is 5.92 Å². The van der Waals surface area contributed by atoms with Gasteiger partial charge >= 0.3 is 0 Å². The maximum atomic E-state index is 5.84. The van der Waals surface area contributed by atoms with Crippen LogP contribution in [0.2, 0.25) is 0 Å². The topological polar surface area (TPSA) is 38.2 Å². The van der Waals surface area contributed by atoms with Crippen molar-refractivity contribution in [3.8, 4) is 5.75 Å². The summed E-state index contributed by atoms with van der Waals surface area (Å²) in [6, 6.07) is 8.38. The average Bonchev–Trinajstić information content (AvgIpc) is 2.69. The van der Waals surface area contributed by atoms with E-state index < -0.39 is 0 Å². The molecule has 0 saturated heterocycles. The van der Waals surface area contributed by atoms with E-state index >= 15 is 0 Å². The third kappa shape index (κ3) is 3.79. The highest BCUT2D eigenvalue weighted by molar-refractivity contribution is 5.34. The summed E-state index contributed by atoms with van der Waals surface area (Å²) in [5, 5.41) is 0. The van der Waals surface area contributed by atoms with E-state index in [1.54, 1.807) is 12.4 Å². The molecule has 2 heterocycles. The molecule has 0 spiro atoms. The molecular weight excluding hydrogens is 262 g/mol. The van der Waals surface area contributed by atoms with Crippen molar-refractivity contribution in [3.05, 3.63) is 54.1 Å². The van der Waals surface area contributed by atoms with Crippen molar-refractivity contribution in [1.29, 1.82) is 0 Å². The van der Waals surface area contributed by atoms with E-state index in [1.165, 1.54) is 5.56 Å². The Kier molecular flexibility index (Phi) is 4.46. The molecule has 0 bridgehead atoms. The predicted octanol–water partition coefficient (Wildman–Crippen LogP) is 2.55. The molecule has 21 heavy (non-hydrogen) atoms. The van der Waals surface area contributed by atoms with Gasteiger partial charge in [-0.2, -0.15) is 0 Å². The van der Waals surface area contributed by atoms with Crippen molar-refractivity contribution in [1.82, 2.24) is 14.9 Å². The van der Waals surface area contributed by atoms with Crippen LogP contribution in [0.25, 0.3) is 0 Å². The van der Waals surface area contributed by atoms with Gasteiger partial charge in [-0.25, -0.2) is 0 Å². The number of para-hydroxylation sites is 1. The van der Waals surface area contributed by atoms with Crippen LogP contribution in [0.1, 0.15) is 17.7 Å². The van der Waals surface area contributed by atoms with E-state index in [2.05, 4.69) is 40.1 Å². The van der Waals surface area contributed by atoms with Crippen molar-refractivity contribution in [2.24, 2.45) is 5.92 Å². The molecule has 0 radical (unpaired) electrons. The normalized spacial score (nSPS) is 17.9. The van der Waals surface area contributed by atoms with E-state index in [0.29, 0.717) is 5.92 Å². The summed E-state index contributed by atoms with van der Waals surface area (Å²) in [6.45, 7) is 2.70. The molecule has 1 aromatic heterocycles. The van der Waals surface area contributed by atoms with Gasteiger partial charge in [0.25, 0.3) is 0 Å². The minimum absolute atomic E-state index is 0.621. The van der Waals surface area contributed by atoms with Crippen LogP contribution in [0.15, 0.2) is 42.9 Å². The maximum absolute atomic E-state index is 5.84. The fourth-order valence-electron chi connectivity index (χ4n) is 2.91. The van der Waals surface area contributed by atoms with Gasteiger partial charge in [0, 0.05) is 31.7 Å². The van der Waals surface area contributed by atoms with Crippen molar-refractivity contribution in [2.45, 2.75) is 19.4 Å². The summed E-state index contributed by atoms with van der Waals surface area (Å²) < 4.78 is 5.84. The Morgan fingerprint density at radius 1 is 1.29 bits per heavy atom. The maximum Gasteiger partial charge on any atom is 0.122 e. The van der Waals surface area contributed by atoms with Gasteiger partial charge in [0.1, 0.15) is 5.75 Å². The van der Waals surface area contributed by atoms with E-state index in [-0.39, 0.29) is 0 Å². The SMILES string of the molecule is CN(Cc1cnccn1)CC1CCOc2ccccc2C1. The summed E-state index contributed by atoms with van der Waals surface area (Å²) in [5.41, 5.74) is 2.35. The molecule has 1 aliphatic heterocycles. The number of nitrogens with zero attached hydrogens (tertiary/aromatic N) is 3. The number of rotatable bonds is 4. The molecule has 3 rings (SSSR count). The molecule has 0 saturated carbocycles. The smallest absolute Gasteiger partial charge is 0.122 e. The van der Waals surface area contributed by atoms with E-state index in [0.717, 1.165) is 44.0 Å². The van der Waals surface area contributed by atoms with Crippen LogP contribution in [0.4, 0.5) is 0 Å². The van der Waals surface area contributed by atoms with Crippen LogP contribution >= 0.6 is 0 Å². The Balaban J connectivity index is 1.60. The van der Waals surface area contributed by atoms with Gasteiger partial charge in [0.2, 0.25) is 0 Å². The molecule has 0 amide bonds. The zero-order valence-electron chi connectivity index (χ0n) is 12.4. The molecule has 1 aromatic carbocycles. The molecule has 1 unspecified atom stereocenters. The van der Waals surface area contributed by atoms with Gasteiger partial charge in [0.05, 0.1) is 12.3 Å². The lowest BCUT2D eigenvalue weighted by Crippen LogP contribution is -2.27. The second-order valence-corrected chi connectivity index (χ2v) is 5.71. The lowest BCUT2D eigenvalue weighted by molar-refractivity contribution is 0.233. The van der Waals surface area contributed by atoms with Gasteiger partial charge < -0.3 is 9.64 Å². The van der Waals surface area contributed by atoms with Crippen molar-refractivity contribution >= 4 is 0 Å². The minimum Gasteiger partial charge on any atom is -0.493 e. The lowest BCUT2D eigenvalue weighted by atomic mass is 9.96. The zero-order valence-corrected chi connectivity index (χ0v) is 12.4. The Hall–Kier alpha value is -1.94. The second kappa shape index (κ2) is 6.68. The van der Waals surface area contributed by atoms with Crippen LogP contribution in [-0.2, 0) is 13.0 Å². The minimum atomic E-state index is 0.621. The number of benzene rings is 1. The third-order valence-electron chi connectivity index (χ3n) is 3.88. The van der Waals surface area contributed by atoms with Crippen LogP contribution in [0.5, 0.6) is 5.75 Å². The summed E-state index contributed by atoms with van der Waals surface area (Å²) in [5.74, 6) is 1.67. The molecule has 1 atom stereocenters. The summed E-state index contributed by atoms with van der Waals surface area (Å²) in [7, 11) is 2.15. The third-order valence-corrected chi connectivity index (χ3v) is 3.88. The largest absolute Gasteiger partial charge is 0.493 e. The summed E-state index contributed by atoms with van der Waals surface area (Å²) in [4.78, 5) is 10.8. The Morgan fingerprint density at radius 3 is 3.05 bits per heavy atom. The van der Waals surface area contributed by atoms with Crippen molar-refractivity contribution in [2.75, 3.05) is 20.2 Å². The first-order valence-corrected chi connectivity index (χ1v) is 7.45. The highest BCUT2D eigenvalue weighted by Crippen LogP contribution is 2.26. The fourth-order valence-corrected chi connectivity index (χ4v) is 2.91. The van der Waals surface area contributed by atoms with Crippen molar-refractivity contribution < 1.29 is 4.74 Å². The highest BCUT2D eigenvalue weighted by atomic mass is 16.5. The predicted molar refractivity (Wildman–Crippen MR) is 82.1 cm³/mol. The molecule has 2 aromatic rings. The average molecular weight is 283 g/mol. The Morgan fingerprint density at radius 2 is 2.19 bits per heavy atom. The van der Waals surface area contributed by atoms with Crippen LogP contribution < -0.4 is 4.74 Å². The standard InChI is InChI=1S/C17H21N3O/c1-20(13-16-11-18-7-8-19-16)12-14-6-9-21-17-5-3-2-4-15(17)10-14/h2-5,7-8,11,14H,6,9-10,12-13H2,1H3. The second-order valence-electron chi connectivity index (χ2n) is 5.71. The number of ether oxygens (including phenoxy) is 1. The quantitative estimate of drug-likeness (QED) is 0.864. The molecule has 0 N–H and O–H groups in total. The Labute approximate surface area is 125 Å². The molecule has 4 nitrogen and oxygen atoms in total. The number of hydrogen-bond acceptors (Lipinski definition) is 4.